The molecule has 0 aliphatic carbocycles. The van der Waals surface area contributed by atoms with E-state index in [1.54, 1.807) is 0 Å². The molecule has 2 unspecified atom stereocenters. The van der Waals surface area contributed by atoms with Crippen molar-refractivity contribution in [3.05, 3.63) is 35.4 Å². The maximum Gasteiger partial charge on any atom is 0.416 e. The van der Waals surface area contributed by atoms with Gasteiger partial charge in [-0.1, -0.05) is 18.6 Å². The summed E-state index contributed by atoms with van der Waals surface area (Å²) in [4.78, 5) is 0. The Morgan fingerprint density at radius 2 is 2.05 bits per heavy atom. The zero-order valence-electron chi connectivity index (χ0n) is 11.8. The van der Waals surface area contributed by atoms with Crippen molar-refractivity contribution in [2.24, 2.45) is 0 Å². The Balaban J connectivity index is 1.97. The molecule has 2 atom stereocenters. The fraction of sp³-hybridized carbons (Fsp3) is 0.500. The van der Waals surface area contributed by atoms with Crippen LogP contribution in [0.2, 0.25) is 0 Å². The molecule has 0 spiro atoms. The van der Waals surface area contributed by atoms with E-state index in [-0.39, 0.29) is 0 Å². The van der Waals surface area contributed by atoms with E-state index in [9.17, 15) is 13.2 Å². The third-order valence-electron chi connectivity index (χ3n) is 4.26. The molecule has 0 radical (unpaired) electrons. The predicted octanol–water partition coefficient (Wildman–Crippen LogP) is 4.01. The molecule has 1 aromatic carbocycles. The summed E-state index contributed by atoms with van der Waals surface area (Å²) in [6.45, 7) is 0. The number of alkyl halides is 3. The molecule has 0 aromatic heterocycles. The third-order valence-corrected chi connectivity index (χ3v) is 4.26. The number of rotatable bonds is 2. The predicted molar refractivity (Wildman–Crippen MR) is 75.2 cm³/mol. The Kier molecular flexibility index (Phi) is 3.69. The van der Waals surface area contributed by atoms with Crippen LogP contribution in [0.25, 0.3) is 5.57 Å². The molecule has 5 heteroatoms. The molecule has 2 bridgehead atoms. The lowest BCUT2D eigenvalue weighted by molar-refractivity contribution is -0.137. The van der Waals surface area contributed by atoms with Gasteiger partial charge in [0.1, 0.15) is 5.75 Å². The fourth-order valence-corrected chi connectivity index (χ4v) is 3.25. The van der Waals surface area contributed by atoms with E-state index < -0.39 is 11.7 Å². The molecule has 1 saturated heterocycles. The first-order valence-electron chi connectivity index (χ1n) is 7.20. The summed E-state index contributed by atoms with van der Waals surface area (Å²) in [6.07, 6.45) is 2.06. The normalized spacial score (nSPS) is 25.4. The second-order valence-electron chi connectivity index (χ2n) is 5.71. The van der Waals surface area contributed by atoms with Crippen LogP contribution in [0.5, 0.6) is 5.75 Å². The zero-order chi connectivity index (χ0) is 15.0. The molecule has 1 N–H and O–H groups in total. The van der Waals surface area contributed by atoms with Gasteiger partial charge >= 0.3 is 6.18 Å². The molecule has 1 fully saturated rings. The highest BCUT2D eigenvalue weighted by Crippen LogP contribution is 2.38. The van der Waals surface area contributed by atoms with E-state index >= 15 is 0 Å². The number of nitrogens with one attached hydrogen (secondary N) is 1. The van der Waals surface area contributed by atoms with Crippen LogP contribution in [0.3, 0.4) is 0 Å². The van der Waals surface area contributed by atoms with Crippen LogP contribution in [0.1, 0.15) is 36.8 Å². The number of hydrogen-bond acceptors (Lipinski definition) is 2. The molecule has 2 aliphatic heterocycles. The Labute approximate surface area is 122 Å². The second kappa shape index (κ2) is 5.37. The largest absolute Gasteiger partial charge is 0.496 e. The molecule has 1 aromatic rings. The number of halogens is 3. The minimum atomic E-state index is -4.34. The van der Waals surface area contributed by atoms with E-state index in [1.165, 1.54) is 19.6 Å². The Bertz CT molecular complexity index is 565. The summed E-state index contributed by atoms with van der Waals surface area (Å²) in [5, 5.41) is 3.53. The molecule has 21 heavy (non-hydrogen) atoms. The molecule has 2 nitrogen and oxygen atoms in total. The summed E-state index contributed by atoms with van der Waals surface area (Å²) >= 11 is 0. The van der Waals surface area contributed by atoms with Crippen molar-refractivity contribution >= 4 is 5.57 Å². The number of fused-ring (bicyclic) bond motifs is 2. The first kappa shape index (κ1) is 14.4. The highest BCUT2D eigenvalue weighted by molar-refractivity contribution is 5.72. The highest BCUT2D eigenvalue weighted by Gasteiger charge is 2.32. The number of ether oxygens (including phenoxy) is 1. The quantitative estimate of drug-likeness (QED) is 0.890. The molecular weight excluding hydrogens is 279 g/mol. The van der Waals surface area contributed by atoms with Gasteiger partial charge < -0.3 is 10.1 Å². The minimum absolute atomic E-state index is 0.302. The van der Waals surface area contributed by atoms with Gasteiger partial charge in [0, 0.05) is 17.6 Å². The van der Waals surface area contributed by atoms with Gasteiger partial charge in [-0.25, -0.2) is 0 Å². The van der Waals surface area contributed by atoms with Crippen LogP contribution in [0.4, 0.5) is 13.2 Å². The van der Waals surface area contributed by atoms with Crippen LogP contribution in [-0.4, -0.2) is 19.2 Å². The van der Waals surface area contributed by atoms with Crippen LogP contribution < -0.4 is 10.1 Å². The summed E-state index contributed by atoms with van der Waals surface area (Å²) < 4.78 is 43.6. The van der Waals surface area contributed by atoms with Crippen molar-refractivity contribution in [2.45, 2.75) is 43.9 Å². The lowest BCUT2D eigenvalue weighted by Crippen LogP contribution is -2.44. The molecule has 0 saturated carbocycles. The van der Waals surface area contributed by atoms with Gasteiger partial charge in [0.2, 0.25) is 0 Å². The van der Waals surface area contributed by atoms with E-state index in [0.717, 1.165) is 42.5 Å². The van der Waals surface area contributed by atoms with E-state index in [2.05, 4.69) is 11.4 Å². The Morgan fingerprint density at radius 1 is 1.24 bits per heavy atom. The van der Waals surface area contributed by atoms with Gasteiger partial charge in [0.05, 0.1) is 12.7 Å². The van der Waals surface area contributed by atoms with Crippen LogP contribution in [-0.2, 0) is 6.18 Å². The summed E-state index contributed by atoms with van der Waals surface area (Å²) in [6, 6.07) is 4.52. The molecule has 114 valence electrons. The van der Waals surface area contributed by atoms with Crippen molar-refractivity contribution in [1.29, 1.82) is 0 Å². The highest BCUT2D eigenvalue weighted by atomic mass is 19.4. The summed E-state index contributed by atoms with van der Waals surface area (Å²) in [5.41, 5.74) is 1.20. The number of hydrogen-bond donors (Lipinski definition) is 1. The van der Waals surface area contributed by atoms with Gasteiger partial charge in [-0.2, -0.15) is 13.2 Å². The molecular formula is C16H18F3NO. The summed E-state index contributed by atoms with van der Waals surface area (Å²) in [5.74, 6) is 0.302. The van der Waals surface area contributed by atoms with E-state index in [4.69, 9.17) is 4.74 Å². The molecule has 0 amide bonds. The standard InChI is InChI=1S/C16H18F3NO/c1-21-15-9-11(16(17,18)19)5-6-14(15)10-7-12-3-2-4-13(8-10)20-12/h5-7,9,12-13,20H,2-4,8H2,1H3. The molecule has 3 rings (SSSR count). The average Bonchev–Trinajstić information content (AvgIpc) is 2.45. The van der Waals surface area contributed by atoms with E-state index in [0.29, 0.717) is 17.8 Å². The van der Waals surface area contributed by atoms with Gasteiger partial charge in [-0.3, -0.25) is 0 Å². The fourth-order valence-electron chi connectivity index (χ4n) is 3.25. The maximum absolute atomic E-state index is 12.8. The van der Waals surface area contributed by atoms with Gasteiger partial charge in [-0.15, -0.1) is 0 Å². The Morgan fingerprint density at radius 3 is 2.71 bits per heavy atom. The smallest absolute Gasteiger partial charge is 0.416 e. The number of piperidine rings is 1. The van der Waals surface area contributed by atoms with Gasteiger partial charge in [0.25, 0.3) is 0 Å². The zero-order valence-corrected chi connectivity index (χ0v) is 11.8. The van der Waals surface area contributed by atoms with Crippen molar-refractivity contribution < 1.29 is 17.9 Å². The lowest BCUT2D eigenvalue weighted by Gasteiger charge is -2.35. The third kappa shape index (κ3) is 2.93. The summed E-state index contributed by atoms with van der Waals surface area (Å²) in [7, 11) is 1.42. The lowest BCUT2D eigenvalue weighted by atomic mass is 9.84. The number of benzene rings is 1. The monoisotopic (exact) mass is 297 g/mol. The first-order valence-corrected chi connectivity index (χ1v) is 7.20. The number of methoxy groups -OCH3 is 1. The average molecular weight is 297 g/mol. The van der Waals surface area contributed by atoms with Crippen LogP contribution >= 0.6 is 0 Å². The van der Waals surface area contributed by atoms with Crippen molar-refractivity contribution in [3.63, 3.8) is 0 Å². The van der Waals surface area contributed by atoms with Crippen LogP contribution in [0.15, 0.2) is 24.3 Å². The van der Waals surface area contributed by atoms with Crippen LogP contribution in [0, 0.1) is 0 Å². The van der Waals surface area contributed by atoms with Crippen molar-refractivity contribution in [2.75, 3.05) is 7.11 Å². The SMILES string of the molecule is COc1cc(C(F)(F)F)ccc1C1=CC2CCCC(C1)N2. The Hall–Kier alpha value is -1.49. The maximum atomic E-state index is 12.8. The minimum Gasteiger partial charge on any atom is -0.496 e. The molecule has 2 heterocycles. The van der Waals surface area contributed by atoms with E-state index in [1.807, 2.05) is 0 Å². The topological polar surface area (TPSA) is 21.3 Å². The van der Waals surface area contributed by atoms with Crippen molar-refractivity contribution in [3.8, 4) is 5.75 Å². The second-order valence-corrected chi connectivity index (χ2v) is 5.71. The van der Waals surface area contributed by atoms with Gasteiger partial charge in [-0.05, 0) is 37.0 Å². The van der Waals surface area contributed by atoms with Crippen molar-refractivity contribution in [1.82, 2.24) is 5.32 Å². The first-order chi connectivity index (χ1) is 9.97. The van der Waals surface area contributed by atoms with Gasteiger partial charge in [0.15, 0.2) is 0 Å². The molecule has 2 aliphatic rings.